The quantitative estimate of drug-likeness (QED) is 0.727. The van der Waals surface area contributed by atoms with Crippen LogP contribution in [0.25, 0.3) is 10.4 Å². The third-order valence-electron chi connectivity index (χ3n) is 2.23. The molecule has 16 heavy (non-hydrogen) atoms. The van der Waals surface area contributed by atoms with E-state index in [-0.39, 0.29) is 5.56 Å². The first-order chi connectivity index (χ1) is 7.61. The van der Waals surface area contributed by atoms with Crippen LogP contribution in [-0.4, -0.2) is 6.29 Å². The molecule has 0 bridgehead atoms. The number of thiophene rings is 1. The van der Waals surface area contributed by atoms with E-state index in [0.717, 1.165) is 35.1 Å². The highest BCUT2D eigenvalue weighted by molar-refractivity contribution is 7.17. The Labute approximate surface area is 95.4 Å². The molecule has 0 amide bonds. The van der Waals surface area contributed by atoms with Crippen molar-refractivity contribution in [1.29, 1.82) is 0 Å². The summed E-state index contributed by atoms with van der Waals surface area (Å²) in [6.07, 6.45) is 0.707. The summed E-state index contributed by atoms with van der Waals surface area (Å²) < 4.78 is 26.5. The zero-order chi connectivity index (χ0) is 11.7. The molecule has 0 aliphatic carbocycles. The van der Waals surface area contributed by atoms with Crippen molar-refractivity contribution in [2.75, 3.05) is 0 Å². The molecule has 82 valence electrons. The molecule has 0 atom stereocenters. The van der Waals surface area contributed by atoms with E-state index in [1.807, 2.05) is 0 Å². The summed E-state index contributed by atoms with van der Waals surface area (Å²) in [5.74, 6) is -0.972. The fraction of sp³-hybridized carbons (Fsp3) is 0.0833. The van der Waals surface area contributed by atoms with Crippen LogP contribution in [0.15, 0.2) is 24.3 Å². The number of rotatable bonds is 2. The third kappa shape index (κ3) is 1.88. The van der Waals surface area contributed by atoms with Gasteiger partial charge < -0.3 is 0 Å². The standard InChI is InChI=1S/C12H8F2OS/c1-7-4-9(6-15)16-12(7)10-5-8(13)2-3-11(10)14/h2-6H,1H3. The van der Waals surface area contributed by atoms with Crippen LogP contribution in [0.5, 0.6) is 0 Å². The van der Waals surface area contributed by atoms with Gasteiger partial charge >= 0.3 is 0 Å². The van der Waals surface area contributed by atoms with Gasteiger partial charge in [0.15, 0.2) is 6.29 Å². The Bertz CT molecular complexity index is 546. The van der Waals surface area contributed by atoms with Gasteiger partial charge in [-0.05, 0) is 36.8 Å². The molecule has 4 heteroatoms. The molecule has 0 unspecified atom stereocenters. The number of hydrogen-bond donors (Lipinski definition) is 0. The monoisotopic (exact) mass is 238 g/mol. The van der Waals surface area contributed by atoms with Crippen molar-refractivity contribution in [3.8, 4) is 10.4 Å². The van der Waals surface area contributed by atoms with Crippen LogP contribution in [0, 0.1) is 18.6 Å². The van der Waals surface area contributed by atoms with Crippen LogP contribution < -0.4 is 0 Å². The number of aryl methyl sites for hydroxylation is 1. The number of halogens is 2. The van der Waals surface area contributed by atoms with Crippen LogP contribution in [-0.2, 0) is 0 Å². The fourth-order valence-corrected chi connectivity index (χ4v) is 2.51. The smallest absolute Gasteiger partial charge is 0.160 e. The maximum atomic E-state index is 13.5. The number of benzene rings is 1. The van der Waals surface area contributed by atoms with Crippen LogP contribution in [0.1, 0.15) is 15.2 Å². The van der Waals surface area contributed by atoms with E-state index in [9.17, 15) is 13.6 Å². The maximum Gasteiger partial charge on any atom is 0.160 e. The van der Waals surface area contributed by atoms with E-state index >= 15 is 0 Å². The Morgan fingerprint density at radius 2 is 2.00 bits per heavy atom. The molecular weight excluding hydrogens is 230 g/mol. The van der Waals surface area contributed by atoms with Gasteiger partial charge in [-0.25, -0.2) is 8.78 Å². The van der Waals surface area contributed by atoms with Crippen molar-refractivity contribution in [2.45, 2.75) is 6.92 Å². The van der Waals surface area contributed by atoms with Crippen molar-refractivity contribution < 1.29 is 13.6 Å². The van der Waals surface area contributed by atoms with Crippen LogP contribution in [0.3, 0.4) is 0 Å². The molecule has 1 heterocycles. The van der Waals surface area contributed by atoms with Gasteiger partial charge in [0.2, 0.25) is 0 Å². The normalized spacial score (nSPS) is 10.4. The van der Waals surface area contributed by atoms with Crippen molar-refractivity contribution in [2.24, 2.45) is 0 Å². The van der Waals surface area contributed by atoms with Gasteiger partial charge in [-0.15, -0.1) is 11.3 Å². The largest absolute Gasteiger partial charge is 0.297 e. The second-order valence-electron chi connectivity index (χ2n) is 3.40. The summed E-state index contributed by atoms with van der Waals surface area (Å²) >= 11 is 1.16. The van der Waals surface area contributed by atoms with Gasteiger partial charge in [-0.3, -0.25) is 4.79 Å². The lowest BCUT2D eigenvalue weighted by atomic mass is 10.1. The molecule has 1 aromatic carbocycles. The second-order valence-corrected chi connectivity index (χ2v) is 4.49. The van der Waals surface area contributed by atoms with Gasteiger partial charge in [-0.2, -0.15) is 0 Å². The predicted molar refractivity (Wildman–Crippen MR) is 59.8 cm³/mol. The summed E-state index contributed by atoms with van der Waals surface area (Å²) in [7, 11) is 0. The summed E-state index contributed by atoms with van der Waals surface area (Å²) in [4.78, 5) is 11.7. The Morgan fingerprint density at radius 1 is 1.25 bits per heavy atom. The minimum Gasteiger partial charge on any atom is -0.297 e. The zero-order valence-corrected chi connectivity index (χ0v) is 9.28. The first-order valence-electron chi connectivity index (χ1n) is 4.63. The number of aldehydes is 1. The van der Waals surface area contributed by atoms with Crippen LogP contribution >= 0.6 is 11.3 Å². The second kappa shape index (κ2) is 4.14. The number of carbonyl (C=O) groups excluding carboxylic acids is 1. The Morgan fingerprint density at radius 3 is 2.62 bits per heavy atom. The lowest BCUT2D eigenvalue weighted by Gasteiger charge is -2.01. The van der Waals surface area contributed by atoms with Crippen molar-refractivity contribution in [3.63, 3.8) is 0 Å². The molecule has 0 spiro atoms. The molecule has 0 saturated carbocycles. The first-order valence-corrected chi connectivity index (χ1v) is 5.44. The molecule has 0 aliphatic rings. The predicted octanol–water partition coefficient (Wildman–Crippen LogP) is 3.81. The molecule has 0 N–H and O–H groups in total. The summed E-state index contributed by atoms with van der Waals surface area (Å²) in [6, 6.07) is 4.97. The minimum absolute atomic E-state index is 0.204. The maximum absolute atomic E-state index is 13.5. The van der Waals surface area contributed by atoms with E-state index in [1.54, 1.807) is 13.0 Å². The van der Waals surface area contributed by atoms with Crippen molar-refractivity contribution in [1.82, 2.24) is 0 Å². The van der Waals surface area contributed by atoms with Crippen molar-refractivity contribution >= 4 is 17.6 Å². The van der Waals surface area contributed by atoms with E-state index in [1.165, 1.54) is 0 Å². The van der Waals surface area contributed by atoms with Gasteiger partial charge in [0, 0.05) is 10.4 Å². The molecular formula is C12H8F2OS. The van der Waals surface area contributed by atoms with E-state index in [0.29, 0.717) is 16.0 Å². The minimum atomic E-state index is -0.489. The highest BCUT2D eigenvalue weighted by Crippen LogP contribution is 2.33. The summed E-state index contributed by atoms with van der Waals surface area (Å²) in [6.45, 7) is 1.77. The van der Waals surface area contributed by atoms with Gasteiger partial charge in [0.25, 0.3) is 0 Å². The van der Waals surface area contributed by atoms with E-state index in [2.05, 4.69) is 0 Å². The molecule has 0 fully saturated rings. The van der Waals surface area contributed by atoms with Crippen LogP contribution in [0.2, 0.25) is 0 Å². The number of carbonyl (C=O) groups is 1. The highest BCUT2D eigenvalue weighted by atomic mass is 32.1. The molecule has 0 radical (unpaired) electrons. The SMILES string of the molecule is Cc1cc(C=O)sc1-c1cc(F)ccc1F. The summed E-state index contributed by atoms with van der Waals surface area (Å²) in [5, 5.41) is 0. The number of hydrogen-bond acceptors (Lipinski definition) is 2. The lowest BCUT2D eigenvalue weighted by molar-refractivity contribution is 0.112. The van der Waals surface area contributed by atoms with Gasteiger partial charge in [0.05, 0.1) is 4.88 Å². The molecule has 2 aromatic rings. The fourth-order valence-electron chi connectivity index (χ4n) is 1.50. The lowest BCUT2D eigenvalue weighted by Crippen LogP contribution is -1.85. The topological polar surface area (TPSA) is 17.1 Å². The van der Waals surface area contributed by atoms with Crippen molar-refractivity contribution in [3.05, 3.63) is 46.3 Å². The summed E-state index contributed by atoms with van der Waals surface area (Å²) in [5.41, 5.74) is 0.979. The Balaban J connectivity index is 2.61. The molecule has 1 nitrogen and oxygen atoms in total. The highest BCUT2D eigenvalue weighted by Gasteiger charge is 2.12. The average Bonchev–Trinajstić information content (AvgIpc) is 2.63. The van der Waals surface area contributed by atoms with Gasteiger partial charge in [0.1, 0.15) is 11.6 Å². The molecule has 2 rings (SSSR count). The Hall–Kier alpha value is -1.55. The van der Waals surface area contributed by atoms with E-state index < -0.39 is 11.6 Å². The first kappa shape index (κ1) is 11.0. The molecule has 0 aliphatic heterocycles. The molecule has 0 saturated heterocycles. The average molecular weight is 238 g/mol. The Kier molecular flexibility index (Phi) is 2.83. The van der Waals surface area contributed by atoms with Crippen LogP contribution in [0.4, 0.5) is 8.78 Å². The molecule has 1 aromatic heterocycles. The zero-order valence-electron chi connectivity index (χ0n) is 8.46. The van der Waals surface area contributed by atoms with Gasteiger partial charge in [-0.1, -0.05) is 0 Å². The van der Waals surface area contributed by atoms with E-state index in [4.69, 9.17) is 0 Å². The third-order valence-corrected chi connectivity index (χ3v) is 3.42.